The molecular weight excluding hydrogens is 374 g/mol. The van der Waals surface area contributed by atoms with Crippen molar-refractivity contribution in [3.63, 3.8) is 0 Å². The van der Waals surface area contributed by atoms with E-state index in [2.05, 4.69) is 31.3 Å². The molecule has 1 heterocycles. The second-order valence-electron chi connectivity index (χ2n) is 9.30. The maximum atomic E-state index is 13.2. The SMILES string of the molecule is CCC1=C(C(=O)O)C(c2ccc(-c3ccccc3)cc2)C2C(=O)CC(C)(C)CC2N1. The summed E-state index contributed by atoms with van der Waals surface area (Å²) in [7, 11) is 0. The smallest absolute Gasteiger partial charge is 0.333 e. The molecule has 0 spiro atoms. The summed E-state index contributed by atoms with van der Waals surface area (Å²) in [5.74, 6) is -1.54. The first-order valence-corrected chi connectivity index (χ1v) is 10.7. The molecule has 2 aromatic rings. The van der Waals surface area contributed by atoms with Gasteiger partial charge in [0.25, 0.3) is 0 Å². The van der Waals surface area contributed by atoms with E-state index in [1.54, 1.807) is 0 Å². The molecule has 2 N–H and O–H groups in total. The third-order valence-corrected chi connectivity index (χ3v) is 6.55. The summed E-state index contributed by atoms with van der Waals surface area (Å²) in [5, 5.41) is 13.5. The molecule has 30 heavy (non-hydrogen) atoms. The van der Waals surface area contributed by atoms with Crippen LogP contribution in [0.4, 0.5) is 0 Å². The van der Waals surface area contributed by atoms with Crippen LogP contribution in [0.1, 0.15) is 51.5 Å². The van der Waals surface area contributed by atoms with Gasteiger partial charge in [0.05, 0.1) is 5.57 Å². The van der Waals surface area contributed by atoms with Crippen LogP contribution in [0.15, 0.2) is 65.9 Å². The van der Waals surface area contributed by atoms with Gasteiger partial charge < -0.3 is 10.4 Å². The molecule has 2 aliphatic rings. The van der Waals surface area contributed by atoms with Crippen LogP contribution < -0.4 is 5.32 Å². The van der Waals surface area contributed by atoms with Crippen LogP contribution in [0.2, 0.25) is 0 Å². The molecule has 2 aromatic carbocycles. The number of rotatable bonds is 4. The lowest BCUT2D eigenvalue weighted by Crippen LogP contribution is -2.54. The minimum atomic E-state index is -0.937. The van der Waals surface area contributed by atoms with Gasteiger partial charge in [-0.05, 0) is 34.9 Å². The van der Waals surface area contributed by atoms with Crippen molar-refractivity contribution >= 4 is 11.8 Å². The van der Waals surface area contributed by atoms with Gasteiger partial charge in [-0.15, -0.1) is 0 Å². The van der Waals surface area contributed by atoms with Crippen LogP contribution in [-0.4, -0.2) is 22.9 Å². The maximum absolute atomic E-state index is 13.2. The normalized spacial score (nSPS) is 25.4. The summed E-state index contributed by atoms with van der Waals surface area (Å²) in [6, 6.07) is 18.1. The molecule has 4 rings (SSSR count). The first-order valence-electron chi connectivity index (χ1n) is 10.7. The predicted molar refractivity (Wildman–Crippen MR) is 118 cm³/mol. The fourth-order valence-electron chi connectivity index (χ4n) is 5.28. The van der Waals surface area contributed by atoms with Gasteiger partial charge in [0, 0.05) is 30.0 Å². The van der Waals surface area contributed by atoms with Crippen molar-refractivity contribution in [2.75, 3.05) is 0 Å². The number of carbonyl (C=O) groups is 2. The molecule has 0 saturated heterocycles. The van der Waals surface area contributed by atoms with E-state index in [1.165, 1.54) is 0 Å². The highest BCUT2D eigenvalue weighted by Gasteiger charge is 2.50. The number of Topliss-reactive ketones (excluding diaryl/α,β-unsaturated/α-hetero) is 1. The second-order valence-corrected chi connectivity index (χ2v) is 9.30. The van der Waals surface area contributed by atoms with Gasteiger partial charge in [-0.3, -0.25) is 4.79 Å². The van der Waals surface area contributed by atoms with Gasteiger partial charge in [-0.1, -0.05) is 75.4 Å². The average Bonchev–Trinajstić information content (AvgIpc) is 2.72. The van der Waals surface area contributed by atoms with Gasteiger partial charge in [-0.2, -0.15) is 0 Å². The van der Waals surface area contributed by atoms with Crippen molar-refractivity contribution in [2.45, 2.75) is 52.0 Å². The summed E-state index contributed by atoms with van der Waals surface area (Å²) in [4.78, 5) is 25.5. The van der Waals surface area contributed by atoms with Crippen molar-refractivity contribution in [3.05, 3.63) is 71.4 Å². The number of carboxylic acid groups (broad SMARTS) is 1. The predicted octanol–water partition coefficient (Wildman–Crippen LogP) is 5.16. The number of carbonyl (C=O) groups excluding carboxylic acids is 1. The van der Waals surface area contributed by atoms with E-state index < -0.39 is 11.9 Å². The molecular formula is C26H29NO3. The Morgan fingerprint density at radius 2 is 1.70 bits per heavy atom. The third-order valence-electron chi connectivity index (χ3n) is 6.55. The lowest BCUT2D eigenvalue weighted by molar-refractivity contribution is -0.134. The van der Waals surface area contributed by atoms with Crippen LogP contribution in [0.3, 0.4) is 0 Å². The van der Waals surface area contributed by atoms with Gasteiger partial charge in [0.2, 0.25) is 0 Å². The minimum absolute atomic E-state index is 0.0295. The first kappa shape index (κ1) is 20.4. The van der Waals surface area contributed by atoms with Gasteiger partial charge in [0.15, 0.2) is 0 Å². The summed E-state index contributed by atoms with van der Waals surface area (Å²) >= 11 is 0. The Morgan fingerprint density at radius 3 is 2.30 bits per heavy atom. The van der Waals surface area contributed by atoms with Crippen LogP contribution in [-0.2, 0) is 9.59 Å². The highest BCUT2D eigenvalue weighted by molar-refractivity contribution is 5.94. The Morgan fingerprint density at radius 1 is 1.07 bits per heavy atom. The lowest BCUT2D eigenvalue weighted by atomic mass is 9.61. The lowest BCUT2D eigenvalue weighted by Gasteiger charge is -2.47. The molecule has 3 atom stereocenters. The summed E-state index contributed by atoms with van der Waals surface area (Å²) in [6.45, 7) is 6.21. The van der Waals surface area contributed by atoms with Crippen molar-refractivity contribution in [1.29, 1.82) is 0 Å². The Bertz CT molecular complexity index is 989. The minimum Gasteiger partial charge on any atom is -0.478 e. The molecule has 1 fully saturated rings. The molecule has 156 valence electrons. The number of aliphatic carboxylic acids is 1. The zero-order valence-corrected chi connectivity index (χ0v) is 17.8. The van der Waals surface area contributed by atoms with E-state index in [-0.39, 0.29) is 23.2 Å². The number of allylic oxidation sites excluding steroid dienone is 1. The fraction of sp³-hybridized carbons (Fsp3) is 0.385. The number of ketones is 1. The highest BCUT2D eigenvalue weighted by Crippen LogP contribution is 2.48. The van der Waals surface area contributed by atoms with Crippen LogP contribution in [0, 0.1) is 11.3 Å². The van der Waals surface area contributed by atoms with Crippen molar-refractivity contribution in [2.24, 2.45) is 11.3 Å². The Kier molecular flexibility index (Phi) is 5.27. The standard InChI is InChI=1S/C26H29NO3/c1-4-19-24(25(29)30)22(23-20(27-19)14-26(2,3)15-21(23)28)18-12-10-17(11-13-18)16-8-6-5-7-9-16/h5-13,20,22-23,27H,4,14-15H2,1-3H3,(H,29,30). The van der Waals surface area contributed by atoms with Crippen LogP contribution in [0.25, 0.3) is 11.1 Å². The summed E-state index contributed by atoms with van der Waals surface area (Å²) in [5.41, 5.74) is 4.13. The van der Waals surface area contributed by atoms with E-state index in [0.717, 1.165) is 28.8 Å². The molecule has 0 aromatic heterocycles. The summed E-state index contributed by atoms with van der Waals surface area (Å²) < 4.78 is 0. The zero-order valence-electron chi connectivity index (χ0n) is 17.8. The van der Waals surface area contributed by atoms with Crippen LogP contribution in [0.5, 0.6) is 0 Å². The number of fused-ring (bicyclic) bond motifs is 1. The Labute approximate surface area is 178 Å². The number of hydrogen-bond acceptors (Lipinski definition) is 3. The van der Waals surface area contributed by atoms with E-state index >= 15 is 0 Å². The van der Waals surface area contributed by atoms with E-state index in [0.29, 0.717) is 18.4 Å². The van der Waals surface area contributed by atoms with Gasteiger partial charge in [0.1, 0.15) is 5.78 Å². The van der Waals surface area contributed by atoms with Crippen molar-refractivity contribution in [1.82, 2.24) is 5.32 Å². The highest BCUT2D eigenvalue weighted by atomic mass is 16.4. The molecule has 1 aliphatic heterocycles. The largest absolute Gasteiger partial charge is 0.478 e. The molecule has 4 heteroatoms. The topological polar surface area (TPSA) is 66.4 Å². The number of hydrogen-bond donors (Lipinski definition) is 2. The van der Waals surface area contributed by atoms with Crippen molar-refractivity contribution in [3.8, 4) is 11.1 Å². The van der Waals surface area contributed by atoms with E-state index in [4.69, 9.17) is 0 Å². The number of carboxylic acids is 1. The molecule has 4 nitrogen and oxygen atoms in total. The van der Waals surface area contributed by atoms with Gasteiger partial charge in [-0.25, -0.2) is 4.79 Å². The first-order chi connectivity index (χ1) is 14.3. The fourth-order valence-corrected chi connectivity index (χ4v) is 5.28. The zero-order chi connectivity index (χ0) is 21.5. The van der Waals surface area contributed by atoms with E-state index in [9.17, 15) is 14.7 Å². The molecule has 1 saturated carbocycles. The molecule has 0 bridgehead atoms. The van der Waals surface area contributed by atoms with Crippen LogP contribution >= 0.6 is 0 Å². The third kappa shape index (κ3) is 3.67. The molecule has 3 unspecified atom stereocenters. The molecule has 0 radical (unpaired) electrons. The Hall–Kier alpha value is -2.88. The average molecular weight is 404 g/mol. The maximum Gasteiger partial charge on any atom is 0.333 e. The number of benzene rings is 2. The monoisotopic (exact) mass is 403 g/mol. The summed E-state index contributed by atoms with van der Waals surface area (Å²) in [6.07, 6.45) is 1.96. The quantitative estimate of drug-likeness (QED) is 0.740. The second kappa shape index (κ2) is 7.75. The molecule has 1 aliphatic carbocycles. The van der Waals surface area contributed by atoms with Crippen molar-refractivity contribution < 1.29 is 14.7 Å². The number of nitrogens with one attached hydrogen (secondary N) is 1. The Balaban J connectivity index is 1.79. The van der Waals surface area contributed by atoms with Gasteiger partial charge >= 0.3 is 5.97 Å². The van der Waals surface area contributed by atoms with E-state index in [1.807, 2.05) is 49.4 Å². The molecule has 0 amide bonds.